The number of nitrogens with two attached hydrogens (primary N) is 1. The van der Waals surface area contributed by atoms with Crippen LogP contribution in [0.2, 0.25) is 5.02 Å². The third kappa shape index (κ3) is 1.25. The predicted octanol–water partition coefficient (Wildman–Crippen LogP) is 2.34. The van der Waals surface area contributed by atoms with Crippen LogP contribution in [-0.2, 0) is 0 Å². The minimum absolute atomic E-state index is 0.609. The summed E-state index contributed by atoms with van der Waals surface area (Å²) in [7, 11) is 0. The molecule has 1 aromatic carbocycles. The Balaban J connectivity index is 2.71. The number of benzene rings is 1. The molecule has 0 aliphatic rings. The van der Waals surface area contributed by atoms with Gasteiger partial charge in [0, 0.05) is 17.1 Å². The summed E-state index contributed by atoms with van der Waals surface area (Å²) in [5.74, 6) is 0. The maximum Gasteiger partial charge on any atom is 0.120 e. The Morgan fingerprint density at radius 3 is 3.00 bits per heavy atom. The van der Waals surface area contributed by atoms with Gasteiger partial charge in [-0.2, -0.15) is 5.26 Å². The van der Waals surface area contributed by atoms with Gasteiger partial charge >= 0.3 is 0 Å². The summed E-state index contributed by atoms with van der Waals surface area (Å²) >= 11 is 5.96. The molecule has 1 heterocycles. The van der Waals surface area contributed by atoms with Crippen LogP contribution in [0.5, 0.6) is 0 Å². The lowest BCUT2D eigenvalue weighted by atomic mass is 10.1. The molecule has 2 aromatic rings. The summed E-state index contributed by atoms with van der Waals surface area (Å²) in [6, 6.07) is 6.91. The fourth-order valence-electron chi connectivity index (χ4n) is 1.47. The van der Waals surface area contributed by atoms with Gasteiger partial charge in [-0.25, -0.2) is 0 Å². The van der Waals surface area contributed by atoms with Crippen molar-refractivity contribution < 1.29 is 0 Å². The van der Waals surface area contributed by atoms with Gasteiger partial charge in [0.2, 0.25) is 0 Å². The number of H-pyrrole nitrogens is 1. The summed E-state index contributed by atoms with van der Waals surface area (Å²) in [6.07, 6.45) is 1.73. The van der Waals surface area contributed by atoms with Crippen LogP contribution in [-0.4, -0.2) is 4.98 Å². The van der Waals surface area contributed by atoms with E-state index in [1.165, 1.54) is 0 Å². The number of para-hydroxylation sites is 1. The van der Waals surface area contributed by atoms with E-state index in [9.17, 15) is 0 Å². The van der Waals surface area contributed by atoms with E-state index in [1.54, 1.807) is 12.3 Å². The first kappa shape index (κ1) is 9.07. The fourth-order valence-corrected chi connectivity index (χ4v) is 1.70. The van der Waals surface area contributed by atoms with E-state index < -0.39 is 6.04 Å². The molecule has 2 rings (SSSR count). The molecule has 0 amide bonds. The lowest BCUT2D eigenvalue weighted by molar-refractivity contribution is 0.936. The van der Waals surface area contributed by atoms with Crippen molar-refractivity contribution in [3.8, 4) is 6.07 Å². The molecule has 3 N–H and O–H groups in total. The number of nitrogens with one attached hydrogen (secondary N) is 1. The van der Waals surface area contributed by atoms with E-state index in [-0.39, 0.29) is 0 Å². The minimum Gasteiger partial charge on any atom is -0.360 e. The summed E-state index contributed by atoms with van der Waals surface area (Å²) < 4.78 is 0. The lowest BCUT2D eigenvalue weighted by Gasteiger charge is -1.99. The first-order chi connectivity index (χ1) is 6.74. The summed E-state index contributed by atoms with van der Waals surface area (Å²) in [5.41, 5.74) is 7.24. The molecule has 0 fully saturated rings. The van der Waals surface area contributed by atoms with Crippen molar-refractivity contribution in [1.29, 1.82) is 5.26 Å². The molecule has 14 heavy (non-hydrogen) atoms. The Labute approximate surface area is 86.1 Å². The zero-order valence-corrected chi connectivity index (χ0v) is 8.05. The highest BCUT2D eigenvalue weighted by molar-refractivity contribution is 6.35. The van der Waals surface area contributed by atoms with Crippen molar-refractivity contribution in [2.75, 3.05) is 0 Å². The van der Waals surface area contributed by atoms with E-state index in [2.05, 4.69) is 4.98 Å². The van der Waals surface area contributed by atoms with Crippen LogP contribution < -0.4 is 5.73 Å². The second-order valence-corrected chi connectivity index (χ2v) is 3.42. The number of hydrogen-bond donors (Lipinski definition) is 2. The molecule has 0 radical (unpaired) electrons. The number of aromatic nitrogens is 1. The molecule has 0 bridgehead atoms. The monoisotopic (exact) mass is 205 g/mol. The third-order valence-electron chi connectivity index (χ3n) is 2.17. The van der Waals surface area contributed by atoms with Crippen LogP contribution in [0.3, 0.4) is 0 Å². The molecule has 1 aromatic heterocycles. The van der Waals surface area contributed by atoms with E-state index >= 15 is 0 Å². The van der Waals surface area contributed by atoms with Crippen molar-refractivity contribution in [3.05, 3.63) is 35.0 Å². The van der Waals surface area contributed by atoms with Gasteiger partial charge in [-0.1, -0.05) is 23.7 Å². The number of hydrogen-bond acceptors (Lipinski definition) is 2. The molecule has 0 saturated heterocycles. The fraction of sp³-hybridized carbons (Fsp3) is 0.100. The van der Waals surface area contributed by atoms with Crippen LogP contribution in [0.25, 0.3) is 10.9 Å². The van der Waals surface area contributed by atoms with Crippen molar-refractivity contribution in [2.45, 2.75) is 6.04 Å². The van der Waals surface area contributed by atoms with Crippen LogP contribution in [0.4, 0.5) is 0 Å². The van der Waals surface area contributed by atoms with Gasteiger partial charge in [0.1, 0.15) is 6.04 Å². The van der Waals surface area contributed by atoms with E-state index in [4.69, 9.17) is 22.6 Å². The maximum absolute atomic E-state index is 8.71. The summed E-state index contributed by atoms with van der Waals surface area (Å²) in [5, 5.41) is 10.3. The zero-order valence-electron chi connectivity index (χ0n) is 7.29. The molecule has 0 saturated carbocycles. The van der Waals surface area contributed by atoms with Gasteiger partial charge in [-0.3, -0.25) is 0 Å². The van der Waals surface area contributed by atoms with Crippen LogP contribution in [0.1, 0.15) is 11.6 Å². The van der Waals surface area contributed by atoms with Crippen molar-refractivity contribution >= 4 is 22.5 Å². The molecule has 0 aliphatic heterocycles. The number of fused-ring (bicyclic) bond motifs is 1. The largest absolute Gasteiger partial charge is 0.360 e. The van der Waals surface area contributed by atoms with Crippen LogP contribution >= 0.6 is 11.6 Å². The maximum atomic E-state index is 8.71. The summed E-state index contributed by atoms with van der Waals surface area (Å²) in [6.45, 7) is 0. The highest BCUT2D eigenvalue weighted by atomic mass is 35.5. The highest BCUT2D eigenvalue weighted by Gasteiger charge is 2.11. The predicted molar refractivity (Wildman–Crippen MR) is 55.9 cm³/mol. The average Bonchev–Trinajstić information content (AvgIpc) is 2.62. The topological polar surface area (TPSA) is 65.6 Å². The number of nitrogens with zero attached hydrogens (tertiary/aromatic N) is 1. The van der Waals surface area contributed by atoms with Gasteiger partial charge in [0.25, 0.3) is 0 Å². The molecule has 0 aliphatic carbocycles. The zero-order chi connectivity index (χ0) is 10.1. The number of aromatic amines is 1. The standard InChI is InChI=1S/C10H8ClN3/c11-8-3-1-2-6-7(9(13)4-12)5-14-10(6)8/h1-3,5,9,14H,13H2. The van der Waals surface area contributed by atoms with Gasteiger partial charge in [0.05, 0.1) is 16.6 Å². The molecule has 1 unspecified atom stereocenters. The highest BCUT2D eigenvalue weighted by Crippen LogP contribution is 2.27. The smallest absolute Gasteiger partial charge is 0.120 e. The van der Waals surface area contributed by atoms with E-state index in [0.29, 0.717) is 5.02 Å². The number of halogens is 1. The molecular formula is C10H8ClN3. The SMILES string of the molecule is N#CC(N)c1c[nH]c2c(Cl)cccc12. The molecule has 3 nitrogen and oxygen atoms in total. The first-order valence-corrected chi connectivity index (χ1v) is 4.52. The Morgan fingerprint density at radius 2 is 2.29 bits per heavy atom. The third-order valence-corrected chi connectivity index (χ3v) is 2.49. The first-order valence-electron chi connectivity index (χ1n) is 4.14. The van der Waals surface area contributed by atoms with E-state index in [1.807, 2.05) is 18.2 Å². The summed E-state index contributed by atoms with van der Waals surface area (Å²) in [4.78, 5) is 3.01. The average molecular weight is 206 g/mol. The Morgan fingerprint density at radius 1 is 1.50 bits per heavy atom. The minimum atomic E-state index is -0.609. The molecular weight excluding hydrogens is 198 g/mol. The molecule has 1 atom stereocenters. The van der Waals surface area contributed by atoms with Crippen molar-refractivity contribution in [2.24, 2.45) is 5.73 Å². The molecule has 70 valence electrons. The second-order valence-electron chi connectivity index (χ2n) is 3.01. The van der Waals surface area contributed by atoms with Crippen molar-refractivity contribution in [1.82, 2.24) is 4.98 Å². The van der Waals surface area contributed by atoms with Gasteiger partial charge < -0.3 is 10.7 Å². The lowest BCUT2D eigenvalue weighted by Crippen LogP contribution is -2.05. The second kappa shape index (κ2) is 3.33. The Kier molecular flexibility index (Phi) is 2.16. The molecule has 0 spiro atoms. The van der Waals surface area contributed by atoms with E-state index in [0.717, 1.165) is 16.5 Å². The van der Waals surface area contributed by atoms with Gasteiger partial charge in [0.15, 0.2) is 0 Å². The number of nitriles is 1. The van der Waals surface area contributed by atoms with Gasteiger partial charge in [-0.05, 0) is 6.07 Å². The van der Waals surface area contributed by atoms with Crippen molar-refractivity contribution in [3.63, 3.8) is 0 Å². The normalized spacial score (nSPS) is 12.6. The van der Waals surface area contributed by atoms with Crippen LogP contribution in [0, 0.1) is 11.3 Å². The van der Waals surface area contributed by atoms with Gasteiger partial charge in [-0.15, -0.1) is 0 Å². The Bertz CT molecular complexity index is 510. The molecule has 4 heteroatoms. The number of rotatable bonds is 1. The quantitative estimate of drug-likeness (QED) is 0.751. The Hall–Kier alpha value is -1.50. The van der Waals surface area contributed by atoms with Crippen LogP contribution in [0.15, 0.2) is 24.4 Å².